The number of amides is 3. The van der Waals surface area contributed by atoms with Gasteiger partial charge in [-0.25, -0.2) is 4.79 Å². The van der Waals surface area contributed by atoms with Crippen LogP contribution in [-0.4, -0.2) is 45.6 Å². The lowest BCUT2D eigenvalue weighted by atomic mass is 9.87. The van der Waals surface area contributed by atoms with E-state index in [0.29, 0.717) is 11.3 Å². The van der Waals surface area contributed by atoms with E-state index >= 15 is 0 Å². The second-order valence-corrected chi connectivity index (χ2v) is 12.0. The van der Waals surface area contributed by atoms with Gasteiger partial charge in [0.15, 0.2) is 0 Å². The van der Waals surface area contributed by atoms with E-state index in [9.17, 15) is 19.5 Å². The number of nitrogens with zero attached hydrogens (tertiary/aromatic N) is 1. The fourth-order valence-electron chi connectivity index (χ4n) is 4.98. The van der Waals surface area contributed by atoms with E-state index in [1.807, 2.05) is 62.4 Å². The van der Waals surface area contributed by atoms with Crippen LogP contribution >= 0.6 is 0 Å². The molecular formula is C34H41N3O5. The minimum atomic E-state index is -1.01. The molecule has 0 aromatic heterocycles. The maximum Gasteiger partial charge on any atom is 0.408 e. The molecule has 0 spiro atoms. The zero-order chi connectivity index (χ0) is 30.4. The number of carbonyl (C=O) groups is 3. The molecule has 1 saturated carbocycles. The minimum absolute atomic E-state index is 0.102. The first kappa shape index (κ1) is 30.6. The third kappa shape index (κ3) is 7.90. The first-order valence-electron chi connectivity index (χ1n) is 14.4. The van der Waals surface area contributed by atoms with Crippen molar-refractivity contribution < 1.29 is 24.2 Å². The lowest BCUT2D eigenvalue weighted by Crippen LogP contribution is -2.57. The van der Waals surface area contributed by atoms with Crippen molar-refractivity contribution >= 4 is 23.6 Å². The van der Waals surface area contributed by atoms with Crippen molar-refractivity contribution in [3.05, 3.63) is 95.1 Å². The van der Waals surface area contributed by atoms with Crippen molar-refractivity contribution in [2.75, 3.05) is 5.32 Å². The van der Waals surface area contributed by atoms with E-state index in [1.165, 1.54) is 0 Å². The van der Waals surface area contributed by atoms with Crippen LogP contribution < -0.4 is 10.6 Å². The van der Waals surface area contributed by atoms with Gasteiger partial charge in [0.2, 0.25) is 5.91 Å². The Morgan fingerprint density at radius 3 is 2.17 bits per heavy atom. The smallest absolute Gasteiger partial charge is 0.408 e. The Balaban J connectivity index is 1.74. The SMILES string of the molecule is Cc1ccc(C(C(=O)Nc2ccccc2C)N(C(=O)C(Cc2ccc(O)cc2)NC(=O)OC(C)(C)C)C2CCC2)cc1. The largest absolute Gasteiger partial charge is 0.508 e. The van der Waals surface area contributed by atoms with Crippen LogP contribution in [0.5, 0.6) is 5.75 Å². The third-order valence-corrected chi connectivity index (χ3v) is 7.41. The van der Waals surface area contributed by atoms with Gasteiger partial charge in [-0.2, -0.15) is 0 Å². The summed E-state index contributed by atoms with van der Waals surface area (Å²) >= 11 is 0. The van der Waals surface area contributed by atoms with Crippen LogP contribution in [0.2, 0.25) is 0 Å². The topological polar surface area (TPSA) is 108 Å². The zero-order valence-electron chi connectivity index (χ0n) is 25.0. The molecule has 1 aliphatic rings. The number of para-hydroxylation sites is 1. The summed E-state index contributed by atoms with van der Waals surface area (Å²) in [6, 6.07) is 19.5. The van der Waals surface area contributed by atoms with Gasteiger partial charge in [0.1, 0.15) is 23.4 Å². The van der Waals surface area contributed by atoms with E-state index < -0.39 is 23.8 Å². The Hall–Kier alpha value is -4.33. The Bertz CT molecular complexity index is 1390. The number of hydrogen-bond acceptors (Lipinski definition) is 5. The molecule has 0 saturated heterocycles. The van der Waals surface area contributed by atoms with E-state index in [0.717, 1.165) is 36.0 Å². The molecule has 3 N–H and O–H groups in total. The van der Waals surface area contributed by atoms with Gasteiger partial charge in [-0.3, -0.25) is 9.59 Å². The van der Waals surface area contributed by atoms with Crippen LogP contribution in [0, 0.1) is 13.8 Å². The number of anilines is 1. The maximum atomic E-state index is 14.6. The number of aryl methyl sites for hydroxylation is 2. The molecule has 0 radical (unpaired) electrons. The summed E-state index contributed by atoms with van der Waals surface area (Å²) in [7, 11) is 0. The molecule has 42 heavy (non-hydrogen) atoms. The average molecular weight is 572 g/mol. The monoisotopic (exact) mass is 571 g/mol. The standard InChI is InChI=1S/C34H41N3O5/c1-22-13-17-25(18-14-22)30(31(39)35-28-12-7-6-9-23(28)2)37(26-10-8-11-26)32(40)29(36-33(41)42-34(3,4)5)21-24-15-19-27(38)20-16-24/h6-7,9,12-20,26,29-30,38H,8,10-11,21H2,1-5H3,(H,35,39)(H,36,41). The number of hydrogen-bond donors (Lipinski definition) is 3. The van der Waals surface area contributed by atoms with Crippen molar-refractivity contribution in [1.82, 2.24) is 10.2 Å². The predicted octanol–water partition coefficient (Wildman–Crippen LogP) is 6.21. The van der Waals surface area contributed by atoms with Crippen molar-refractivity contribution in [3.8, 4) is 5.75 Å². The number of phenolic OH excluding ortho intramolecular Hbond substituents is 1. The second kappa shape index (κ2) is 13.1. The van der Waals surface area contributed by atoms with Crippen LogP contribution in [0.15, 0.2) is 72.8 Å². The summed E-state index contributed by atoms with van der Waals surface area (Å²) in [6.45, 7) is 9.16. The molecule has 2 unspecified atom stereocenters. The summed E-state index contributed by atoms with van der Waals surface area (Å²) in [5.41, 5.74) is 3.29. The molecule has 0 aliphatic heterocycles. The van der Waals surface area contributed by atoms with Gasteiger partial charge in [0, 0.05) is 18.2 Å². The number of aromatic hydroxyl groups is 1. The summed E-state index contributed by atoms with van der Waals surface area (Å²) < 4.78 is 5.51. The average Bonchev–Trinajstić information content (AvgIpc) is 2.89. The van der Waals surface area contributed by atoms with Gasteiger partial charge in [-0.05, 0) is 88.8 Å². The van der Waals surface area contributed by atoms with Crippen molar-refractivity contribution in [2.45, 2.75) is 84.0 Å². The van der Waals surface area contributed by atoms with Crippen molar-refractivity contribution in [3.63, 3.8) is 0 Å². The molecule has 0 bridgehead atoms. The second-order valence-electron chi connectivity index (χ2n) is 12.0. The Morgan fingerprint density at radius 2 is 1.60 bits per heavy atom. The van der Waals surface area contributed by atoms with Crippen LogP contribution in [0.3, 0.4) is 0 Å². The summed E-state index contributed by atoms with van der Waals surface area (Å²) in [6.07, 6.45) is 1.89. The fraction of sp³-hybridized carbons (Fsp3) is 0.382. The summed E-state index contributed by atoms with van der Waals surface area (Å²) in [5.74, 6) is -0.594. The first-order valence-corrected chi connectivity index (χ1v) is 14.4. The zero-order valence-corrected chi connectivity index (χ0v) is 25.0. The van der Waals surface area contributed by atoms with Gasteiger partial charge in [-0.1, -0.05) is 60.2 Å². The van der Waals surface area contributed by atoms with E-state index in [2.05, 4.69) is 10.6 Å². The molecule has 222 valence electrons. The number of nitrogens with one attached hydrogen (secondary N) is 2. The van der Waals surface area contributed by atoms with Crippen LogP contribution in [-0.2, 0) is 20.7 Å². The third-order valence-electron chi connectivity index (χ3n) is 7.41. The Labute approximate surface area is 248 Å². The highest BCUT2D eigenvalue weighted by Crippen LogP contribution is 2.35. The van der Waals surface area contributed by atoms with Crippen LogP contribution in [0.25, 0.3) is 0 Å². The number of phenols is 1. The lowest BCUT2D eigenvalue weighted by molar-refractivity contribution is -0.145. The molecule has 1 aliphatic carbocycles. The summed E-state index contributed by atoms with van der Waals surface area (Å²) in [4.78, 5) is 43.3. The molecule has 8 heteroatoms. The predicted molar refractivity (Wildman–Crippen MR) is 163 cm³/mol. The van der Waals surface area contributed by atoms with E-state index in [4.69, 9.17) is 4.74 Å². The minimum Gasteiger partial charge on any atom is -0.508 e. The molecule has 1 fully saturated rings. The number of rotatable bonds is 9. The number of benzene rings is 3. The van der Waals surface area contributed by atoms with E-state index in [1.54, 1.807) is 49.9 Å². The highest BCUT2D eigenvalue weighted by Gasteiger charge is 2.42. The van der Waals surface area contributed by atoms with Gasteiger partial charge in [0.05, 0.1) is 0 Å². The number of alkyl carbamates (subject to hydrolysis) is 1. The van der Waals surface area contributed by atoms with Crippen molar-refractivity contribution in [1.29, 1.82) is 0 Å². The number of carbonyl (C=O) groups excluding carboxylic acids is 3. The first-order chi connectivity index (χ1) is 19.9. The highest BCUT2D eigenvalue weighted by atomic mass is 16.6. The Kier molecular flexibility index (Phi) is 9.55. The molecular weight excluding hydrogens is 530 g/mol. The molecule has 3 amide bonds. The van der Waals surface area contributed by atoms with Crippen molar-refractivity contribution in [2.24, 2.45) is 0 Å². The molecule has 3 aromatic carbocycles. The van der Waals surface area contributed by atoms with Gasteiger partial charge in [-0.15, -0.1) is 0 Å². The fourth-order valence-corrected chi connectivity index (χ4v) is 4.98. The maximum absolute atomic E-state index is 14.6. The molecule has 2 atom stereocenters. The number of ether oxygens (including phenoxy) is 1. The quantitative estimate of drug-likeness (QED) is 0.283. The van der Waals surface area contributed by atoms with E-state index in [-0.39, 0.29) is 30.0 Å². The van der Waals surface area contributed by atoms with Gasteiger partial charge < -0.3 is 25.4 Å². The van der Waals surface area contributed by atoms with Gasteiger partial charge in [0.25, 0.3) is 5.91 Å². The summed E-state index contributed by atoms with van der Waals surface area (Å²) in [5, 5.41) is 15.6. The highest BCUT2D eigenvalue weighted by molar-refractivity contribution is 5.99. The molecule has 0 heterocycles. The van der Waals surface area contributed by atoms with Gasteiger partial charge >= 0.3 is 6.09 Å². The molecule has 8 nitrogen and oxygen atoms in total. The van der Waals surface area contributed by atoms with Crippen LogP contribution in [0.4, 0.5) is 10.5 Å². The molecule has 4 rings (SSSR count). The normalized spacial score (nSPS) is 14.7. The Morgan fingerprint density at radius 1 is 0.952 bits per heavy atom. The lowest BCUT2D eigenvalue weighted by Gasteiger charge is -2.43. The molecule has 3 aromatic rings. The van der Waals surface area contributed by atoms with Crippen LogP contribution in [0.1, 0.15) is 68.3 Å².